The lowest BCUT2D eigenvalue weighted by atomic mass is 10.2. The zero-order chi connectivity index (χ0) is 10.8. The van der Waals surface area contributed by atoms with Crippen LogP contribution in [-0.4, -0.2) is 38.2 Å². The highest BCUT2D eigenvalue weighted by atomic mass is 32.2. The number of esters is 1. The van der Waals surface area contributed by atoms with E-state index in [4.69, 9.17) is 0 Å². The molecular formula is C10H21NO2S. The summed E-state index contributed by atoms with van der Waals surface area (Å²) in [6.07, 6.45) is 4.53. The van der Waals surface area contributed by atoms with Crippen LogP contribution in [0.4, 0.5) is 0 Å². The molecule has 0 rings (SSSR count). The normalized spacial score (nSPS) is 12.5. The third kappa shape index (κ3) is 7.21. The van der Waals surface area contributed by atoms with Crippen LogP contribution in [0.1, 0.15) is 19.8 Å². The fraction of sp³-hybridized carbons (Fsp3) is 0.900. The number of carbonyl (C=O) groups excluding carboxylic acids is 1. The quantitative estimate of drug-likeness (QED) is 0.496. The highest BCUT2D eigenvalue weighted by Crippen LogP contribution is 1.99. The van der Waals surface area contributed by atoms with Crippen molar-refractivity contribution in [2.75, 3.05) is 32.2 Å². The lowest BCUT2D eigenvalue weighted by Gasteiger charge is -2.09. The van der Waals surface area contributed by atoms with Gasteiger partial charge in [-0.15, -0.1) is 0 Å². The number of ether oxygens (including phenoxy) is 1. The SMILES string of the molecule is COC(=O)C(C)CNCCCCSC. The van der Waals surface area contributed by atoms with Crippen molar-refractivity contribution in [1.29, 1.82) is 0 Å². The van der Waals surface area contributed by atoms with E-state index in [1.54, 1.807) is 0 Å². The van der Waals surface area contributed by atoms with Crippen LogP contribution in [0.5, 0.6) is 0 Å². The third-order valence-electron chi connectivity index (χ3n) is 2.01. The lowest BCUT2D eigenvalue weighted by Crippen LogP contribution is -2.28. The lowest BCUT2D eigenvalue weighted by molar-refractivity contribution is -0.144. The molecule has 14 heavy (non-hydrogen) atoms. The second kappa shape index (κ2) is 9.34. The van der Waals surface area contributed by atoms with Crippen molar-refractivity contribution in [2.45, 2.75) is 19.8 Å². The van der Waals surface area contributed by atoms with Gasteiger partial charge in [-0.2, -0.15) is 11.8 Å². The molecule has 1 unspecified atom stereocenters. The molecule has 0 radical (unpaired) electrons. The van der Waals surface area contributed by atoms with Gasteiger partial charge in [-0.3, -0.25) is 4.79 Å². The van der Waals surface area contributed by atoms with Gasteiger partial charge in [0.1, 0.15) is 0 Å². The van der Waals surface area contributed by atoms with Crippen LogP contribution in [0.2, 0.25) is 0 Å². The molecule has 0 aromatic rings. The van der Waals surface area contributed by atoms with Crippen molar-refractivity contribution in [3.8, 4) is 0 Å². The predicted octanol–water partition coefficient (Wildman–Crippen LogP) is 1.53. The molecule has 0 aliphatic heterocycles. The van der Waals surface area contributed by atoms with Crippen LogP contribution < -0.4 is 5.32 Å². The van der Waals surface area contributed by atoms with E-state index in [0.29, 0.717) is 6.54 Å². The molecule has 0 saturated carbocycles. The van der Waals surface area contributed by atoms with E-state index in [9.17, 15) is 4.79 Å². The highest BCUT2D eigenvalue weighted by Gasteiger charge is 2.11. The van der Waals surface area contributed by atoms with Crippen molar-refractivity contribution in [3.05, 3.63) is 0 Å². The van der Waals surface area contributed by atoms with Gasteiger partial charge in [0.05, 0.1) is 13.0 Å². The van der Waals surface area contributed by atoms with Gasteiger partial charge in [-0.25, -0.2) is 0 Å². The Morgan fingerprint density at radius 3 is 2.79 bits per heavy atom. The third-order valence-corrected chi connectivity index (χ3v) is 2.70. The smallest absolute Gasteiger partial charge is 0.309 e. The minimum absolute atomic E-state index is 0.0412. The summed E-state index contributed by atoms with van der Waals surface area (Å²) in [6, 6.07) is 0. The molecule has 0 aromatic heterocycles. The minimum atomic E-state index is -0.137. The Kier molecular flexibility index (Phi) is 9.19. The highest BCUT2D eigenvalue weighted by molar-refractivity contribution is 7.98. The van der Waals surface area contributed by atoms with Crippen LogP contribution in [0.25, 0.3) is 0 Å². The summed E-state index contributed by atoms with van der Waals surface area (Å²) < 4.78 is 4.63. The first kappa shape index (κ1) is 13.8. The molecule has 0 amide bonds. The molecule has 0 heterocycles. The zero-order valence-electron chi connectivity index (χ0n) is 9.34. The van der Waals surface area contributed by atoms with Crippen molar-refractivity contribution in [2.24, 2.45) is 5.92 Å². The predicted molar refractivity (Wildman–Crippen MR) is 61.7 cm³/mol. The molecule has 0 fully saturated rings. The molecule has 4 heteroatoms. The average molecular weight is 219 g/mol. The number of nitrogens with one attached hydrogen (secondary N) is 1. The summed E-state index contributed by atoms with van der Waals surface area (Å²) in [7, 11) is 1.43. The Morgan fingerprint density at radius 2 is 2.21 bits per heavy atom. The van der Waals surface area contributed by atoms with Crippen LogP contribution in [-0.2, 0) is 9.53 Å². The molecule has 0 aliphatic carbocycles. The van der Waals surface area contributed by atoms with Gasteiger partial charge in [0.2, 0.25) is 0 Å². The molecule has 1 atom stereocenters. The molecule has 1 N–H and O–H groups in total. The summed E-state index contributed by atoms with van der Waals surface area (Å²) in [5, 5.41) is 3.25. The summed E-state index contributed by atoms with van der Waals surface area (Å²) >= 11 is 1.87. The first-order valence-corrected chi connectivity index (χ1v) is 6.39. The summed E-state index contributed by atoms with van der Waals surface area (Å²) in [5.41, 5.74) is 0. The molecule has 0 aromatic carbocycles. The van der Waals surface area contributed by atoms with E-state index in [2.05, 4.69) is 16.3 Å². The fourth-order valence-corrected chi connectivity index (χ4v) is 1.59. The second-order valence-electron chi connectivity index (χ2n) is 3.33. The number of carbonyl (C=O) groups is 1. The van der Waals surface area contributed by atoms with Crippen molar-refractivity contribution >= 4 is 17.7 Å². The van der Waals surface area contributed by atoms with E-state index in [-0.39, 0.29) is 11.9 Å². The zero-order valence-corrected chi connectivity index (χ0v) is 10.2. The first-order valence-electron chi connectivity index (χ1n) is 4.99. The number of thioether (sulfide) groups is 1. The monoisotopic (exact) mass is 219 g/mol. The summed E-state index contributed by atoms with van der Waals surface area (Å²) in [6.45, 7) is 3.58. The second-order valence-corrected chi connectivity index (χ2v) is 4.31. The molecule has 0 spiro atoms. The van der Waals surface area contributed by atoms with E-state index in [0.717, 1.165) is 6.54 Å². The maximum atomic E-state index is 11.0. The van der Waals surface area contributed by atoms with E-state index >= 15 is 0 Å². The van der Waals surface area contributed by atoms with E-state index < -0.39 is 0 Å². The molecule has 3 nitrogen and oxygen atoms in total. The Morgan fingerprint density at radius 1 is 1.50 bits per heavy atom. The van der Waals surface area contributed by atoms with Crippen LogP contribution >= 0.6 is 11.8 Å². The molecule has 0 bridgehead atoms. The maximum absolute atomic E-state index is 11.0. The van der Waals surface area contributed by atoms with Gasteiger partial charge in [-0.05, 0) is 31.4 Å². The van der Waals surface area contributed by atoms with Crippen LogP contribution in [0.3, 0.4) is 0 Å². The van der Waals surface area contributed by atoms with E-state index in [1.165, 1.54) is 25.7 Å². The summed E-state index contributed by atoms with van der Waals surface area (Å²) in [5.74, 6) is 1.04. The van der Waals surface area contributed by atoms with Crippen molar-refractivity contribution in [3.63, 3.8) is 0 Å². The number of unbranched alkanes of at least 4 members (excludes halogenated alkanes) is 1. The molecular weight excluding hydrogens is 198 g/mol. The van der Waals surface area contributed by atoms with Crippen LogP contribution in [0.15, 0.2) is 0 Å². The Bertz CT molecular complexity index is 153. The fourth-order valence-electron chi connectivity index (χ4n) is 1.10. The molecule has 0 aliphatic rings. The largest absolute Gasteiger partial charge is 0.469 e. The molecule has 0 saturated heterocycles. The Balaban J connectivity index is 3.23. The minimum Gasteiger partial charge on any atom is -0.469 e. The maximum Gasteiger partial charge on any atom is 0.309 e. The summed E-state index contributed by atoms with van der Waals surface area (Å²) in [4.78, 5) is 11.0. The van der Waals surface area contributed by atoms with Gasteiger partial charge in [0.25, 0.3) is 0 Å². The van der Waals surface area contributed by atoms with Crippen molar-refractivity contribution < 1.29 is 9.53 Å². The van der Waals surface area contributed by atoms with Crippen LogP contribution in [0, 0.1) is 5.92 Å². The standard InChI is InChI=1S/C10H21NO2S/c1-9(10(12)13-2)8-11-6-4-5-7-14-3/h9,11H,4-8H2,1-3H3. The number of rotatable bonds is 8. The van der Waals surface area contributed by atoms with Gasteiger partial charge in [0.15, 0.2) is 0 Å². The average Bonchev–Trinajstić information content (AvgIpc) is 2.21. The topological polar surface area (TPSA) is 38.3 Å². The first-order chi connectivity index (χ1) is 6.72. The Labute approximate surface area is 91.0 Å². The van der Waals surface area contributed by atoms with Gasteiger partial charge >= 0.3 is 5.97 Å². The van der Waals surface area contributed by atoms with Gasteiger partial charge in [0, 0.05) is 6.54 Å². The number of hydrogen-bond donors (Lipinski definition) is 1. The number of hydrogen-bond acceptors (Lipinski definition) is 4. The Hall–Kier alpha value is -0.220. The van der Waals surface area contributed by atoms with Crippen molar-refractivity contribution in [1.82, 2.24) is 5.32 Å². The van der Waals surface area contributed by atoms with Gasteiger partial charge < -0.3 is 10.1 Å². The van der Waals surface area contributed by atoms with Gasteiger partial charge in [-0.1, -0.05) is 6.92 Å². The molecule has 84 valence electrons. The van der Waals surface area contributed by atoms with E-state index in [1.807, 2.05) is 18.7 Å². The number of methoxy groups -OCH3 is 1.